The van der Waals surface area contributed by atoms with E-state index in [-0.39, 0.29) is 11.8 Å². The predicted octanol–water partition coefficient (Wildman–Crippen LogP) is 3.84. The van der Waals surface area contributed by atoms with Crippen LogP contribution in [0.15, 0.2) is 42.5 Å². The molecule has 0 saturated carbocycles. The van der Waals surface area contributed by atoms with Gasteiger partial charge in [0.1, 0.15) is 11.9 Å². The molecule has 2 aromatic carbocycles. The van der Waals surface area contributed by atoms with Crippen LogP contribution in [0.4, 0.5) is 10.1 Å². The minimum Gasteiger partial charge on any atom is -0.340 e. The summed E-state index contributed by atoms with van der Waals surface area (Å²) in [7, 11) is 0. The second-order valence-corrected chi connectivity index (χ2v) is 6.51. The first-order valence-corrected chi connectivity index (χ1v) is 8.22. The molecule has 2 amide bonds. The van der Waals surface area contributed by atoms with E-state index in [1.165, 1.54) is 24.3 Å². The van der Waals surface area contributed by atoms with Crippen molar-refractivity contribution < 1.29 is 14.0 Å². The summed E-state index contributed by atoms with van der Waals surface area (Å²) in [5.41, 5.74) is 3.03. The third kappa shape index (κ3) is 4.89. The number of amides is 2. The van der Waals surface area contributed by atoms with Crippen molar-refractivity contribution in [1.29, 1.82) is 0 Å². The zero-order chi connectivity index (χ0) is 18.6. The minimum atomic E-state index is -0.697. The van der Waals surface area contributed by atoms with Gasteiger partial charge in [-0.15, -0.1) is 0 Å². The van der Waals surface area contributed by atoms with Crippen LogP contribution in [-0.4, -0.2) is 17.9 Å². The Labute approximate surface area is 147 Å². The van der Waals surface area contributed by atoms with E-state index in [1.54, 1.807) is 0 Å². The fourth-order valence-electron chi connectivity index (χ4n) is 2.44. The van der Waals surface area contributed by atoms with Crippen LogP contribution in [0.3, 0.4) is 0 Å². The zero-order valence-corrected chi connectivity index (χ0v) is 14.9. The summed E-state index contributed by atoms with van der Waals surface area (Å²) in [5, 5.41) is 5.62. The van der Waals surface area contributed by atoms with E-state index < -0.39 is 17.8 Å². The molecule has 5 heteroatoms. The first-order chi connectivity index (χ1) is 11.8. The van der Waals surface area contributed by atoms with Crippen LogP contribution < -0.4 is 10.6 Å². The van der Waals surface area contributed by atoms with E-state index >= 15 is 0 Å². The van der Waals surface area contributed by atoms with Crippen molar-refractivity contribution in [2.24, 2.45) is 5.92 Å². The molecule has 0 saturated heterocycles. The molecular weight excluding hydrogens is 319 g/mol. The van der Waals surface area contributed by atoms with Gasteiger partial charge in [-0.05, 0) is 61.2 Å². The summed E-state index contributed by atoms with van der Waals surface area (Å²) < 4.78 is 13.0. The largest absolute Gasteiger partial charge is 0.340 e. The molecular formula is C20H23FN2O2. The fourth-order valence-corrected chi connectivity index (χ4v) is 2.44. The summed E-state index contributed by atoms with van der Waals surface area (Å²) in [4.78, 5) is 25.0. The predicted molar refractivity (Wildman–Crippen MR) is 97.0 cm³/mol. The number of carbonyl (C=O) groups is 2. The molecule has 0 heterocycles. The maximum atomic E-state index is 13.0. The average molecular weight is 342 g/mol. The number of carbonyl (C=O) groups excluding carboxylic acids is 2. The number of rotatable bonds is 5. The van der Waals surface area contributed by atoms with Crippen molar-refractivity contribution in [2.45, 2.75) is 33.7 Å². The van der Waals surface area contributed by atoms with Crippen molar-refractivity contribution >= 4 is 17.5 Å². The molecule has 0 aromatic heterocycles. The van der Waals surface area contributed by atoms with Crippen molar-refractivity contribution in [3.05, 3.63) is 65.0 Å². The molecule has 0 radical (unpaired) electrons. The van der Waals surface area contributed by atoms with Gasteiger partial charge in [-0.3, -0.25) is 9.59 Å². The maximum absolute atomic E-state index is 13.0. The number of anilines is 1. The van der Waals surface area contributed by atoms with Gasteiger partial charge >= 0.3 is 0 Å². The highest BCUT2D eigenvalue weighted by Crippen LogP contribution is 2.17. The smallest absolute Gasteiger partial charge is 0.251 e. The lowest BCUT2D eigenvalue weighted by Gasteiger charge is -2.22. The highest BCUT2D eigenvalue weighted by Gasteiger charge is 2.25. The molecule has 2 aromatic rings. The Kier molecular flexibility index (Phi) is 5.91. The Hall–Kier alpha value is -2.69. The first-order valence-electron chi connectivity index (χ1n) is 8.22. The number of aryl methyl sites for hydroxylation is 2. The summed E-state index contributed by atoms with van der Waals surface area (Å²) in [6.45, 7) is 7.58. The van der Waals surface area contributed by atoms with Crippen molar-refractivity contribution in [2.75, 3.05) is 5.32 Å². The van der Waals surface area contributed by atoms with E-state index in [1.807, 2.05) is 45.9 Å². The molecule has 25 heavy (non-hydrogen) atoms. The Balaban J connectivity index is 2.14. The fraction of sp³-hybridized carbons (Fsp3) is 0.300. The van der Waals surface area contributed by atoms with Crippen LogP contribution in [-0.2, 0) is 4.79 Å². The third-order valence-electron chi connectivity index (χ3n) is 3.99. The van der Waals surface area contributed by atoms with E-state index in [0.29, 0.717) is 5.56 Å². The second kappa shape index (κ2) is 7.92. The Morgan fingerprint density at radius 1 is 1.00 bits per heavy atom. The molecule has 0 aliphatic rings. The summed E-state index contributed by atoms with van der Waals surface area (Å²) in [5.74, 6) is -1.20. The highest BCUT2D eigenvalue weighted by molar-refractivity contribution is 6.01. The lowest BCUT2D eigenvalue weighted by Crippen LogP contribution is -2.47. The van der Waals surface area contributed by atoms with Crippen LogP contribution in [0, 0.1) is 25.6 Å². The Bertz CT molecular complexity index is 770. The van der Waals surface area contributed by atoms with Crippen molar-refractivity contribution in [3.8, 4) is 0 Å². The summed E-state index contributed by atoms with van der Waals surface area (Å²) in [6.07, 6.45) is 0. The van der Waals surface area contributed by atoms with E-state index in [4.69, 9.17) is 0 Å². The molecule has 132 valence electrons. The van der Waals surface area contributed by atoms with E-state index in [9.17, 15) is 14.0 Å². The van der Waals surface area contributed by atoms with Gasteiger partial charge < -0.3 is 10.6 Å². The second-order valence-electron chi connectivity index (χ2n) is 6.51. The van der Waals surface area contributed by atoms with Gasteiger partial charge in [0, 0.05) is 11.3 Å². The maximum Gasteiger partial charge on any atom is 0.251 e. The van der Waals surface area contributed by atoms with Gasteiger partial charge in [0.05, 0.1) is 0 Å². The summed E-state index contributed by atoms with van der Waals surface area (Å²) in [6, 6.07) is 10.3. The Morgan fingerprint density at radius 2 is 1.64 bits per heavy atom. The Morgan fingerprint density at radius 3 is 2.24 bits per heavy atom. The molecule has 0 fully saturated rings. The first kappa shape index (κ1) is 18.6. The number of hydrogen-bond acceptors (Lipinski definition) is 2. The molecule has 1 atom stereocenters. The van der Waals surface area contributed by atoms with E-state index in [0.717, 1.165) is 16.8 Å². The number of benzene rings is 2. The quantitative estimate of drug-likeness (QED) is 0.867. The molecule has 0 aliphatic carbocycles. The summed E-state index contributed by atoms with van der Waals surface area (Å²) >= 11 is 0. The number of hydrogen-bond donors (Lipinski definition) is 2. The number of nitrogens with one attached hydrogen (secondary N) is 2. The van der Waals surface area contributed by atoms with E-state index in [2.05, 4.69) is 10.6 Å². The SMILES string of the molecule is Cc1ccc(C)c(NC(=O)[C@@H](NC(=O)c2ccc(F)cc2)C(C)C)c1. The van der Waals surface area contributed by atoms with Gasteiger partial charge in [0.2, 0.25) is 5.91 Å². The molecule has 2 N–H and O–H groups in total. The molecule has 2 rings (SSSR count). The zero-order valence-electron chi connectivity index (χ0n) is 14.9. The molecule has 0 spiro atoms. The number of halogens is 1. The average Bonchev–Trinajstić information content (AvgIpc) is 2.56. The lowest BCUT2D eigenvalue weighted by molar-refractivity contribution is -0.118. The van der Waals surface area contributed by atoms with Crippen LogP contribution in [0.25, 0.3) is 0 Å². The molecule has 0 aliphatic heterocycles. The highest BCUT2D eigenvalue weighted by atomic mass is 19.1. The lowest BCUT2D eigenvalue weighted by atomic mass is 10.0. The van der Waals surface area contributed by atoms with Crippen LogP contribution >= 0.6 is 0 Å². The molecule has 4 nitrogen and oxygen atoms in total. The molecule has 0 bridgehead atoms. The van der Waals surface area contributed by atoms with Gasteiger partial charge in [0.25, 0.3) is 5.91 Å². The van der Waals surface area contributed by atoms with Crippen molar-refractivity contribution in [3.63, 3.8) is 0 Å². The van der Waals surface area contributed by atoms with Gasteiger partial charge in [0.15, 0.2) is 0 Å². The van der Waals surface area contributed by atoms with Gasteiger partial charge in [-0.2, -0.15) is 0 Å². The topological polar surface area (TPSA) is 58.2 Å². The standard InChI is InChI=1S/C20H23FN2O2/c1-12(2)18(23-19(24)15-7-9-16(21)10-8-15)20(25)22-17-11-13(3)5-6-14(17)4/h5-12,18H,1-4H3,(H,22,25)(H,23,24)/t18-/m0/s1. The minimum absolute atomic E-state index is 0.102. The monoisotopic (exact) mass is 342 g/mol. The van der Waals surface area contributed by atoms with Crippen molar-refractivity contribution in [1.82, 2.24) is 5.32 Å². The van der Waals surface area contributed by atoms with Crippen LogP contribution in [0.5, 0.6) is 0 Å². The van der Waals surface area contributed by atoms with Gasteiger partial charge in [-0.1, -0.05) is 26.0 Å². The van der Waals surface area contributed by atoms with Crippen LogP contribution in [0.2, 0.25) is 0 Å². The van der Waals surface area contributed by atoms with Gasteiger partial charge in [-0.25, -0.2) is 4.39 Å². The van der Waals surface area contributed by atoms with Crippen LogP contribution in [0.1, 0.15) is 35.3 Å². The third-order valence-corrected chi connectivity index (χ3v) is 3.99. The normalized spacial score (nSPS) is 11.9. The molecule has 0 unspecified atom stereocenters.